The Morgan fingerprint density at radius 1 is 1.67 bits per heavy atom. The quantitative estimate of drug-likeness (QED) is 0.887. The number of carbonyl (C=O) groups excluding carboxylic acids is 1. The van der Waals surface area contributed by atoms with Crippen molar-refractivity contribution in [1.82, 2.24) is 15.2 Å². The summed E-state index contributed by atoms with van der Waals surface area (Å²) in [7, 11) is 0. The van der Waals surface area contributed by atoms with Crippen LogP contribution in [0.1, 0.15) is 35.9 Å². The van der Waals surface area contributed by atoms with Gasteiger partial charge in [0.05, 0.1) is 11.7 Å². The molecular weight excluding hydrogens is 246 g/mol. The lowest BCUT2D eigenvalue weighted by Gasteiger charge is -2.29. The fourth-order valence-electron chi connectivity index (χ4n) is 2.41. The van der Waals surface area contributed by atoms with Gasteiger partial charge in [0.25, 0.3) is 5.91 Å². The van der Waals surface area contributed by atoms with Crippen molar-refractivity contribution in [2.75, 3.05) is 26.2 Å². The molecule has 0 saturated carbocycles. The Labute approximate surface area is 112 Å². The fraction of sp³-hybridized carbons (Fsp3) is 0.692. The van der Waals surface area contributed by atoms with Crippen molar-refractivity contribution in [2.45, 2.75) is 26.2 Å². The van der Waals surface area contributed by atoms with Crippen LogP contribution in [0.15, 0.2) is 11.7 Å². The molecule has 1 unspecified atom stereocenters. The van der Waals surface area contributed by atoms with E-state index in [1.807, 2.05) is 4.90 Å². The van der Waals surface area contributed by atoms with Gasteiger partial charge in [-0.2, -0.15) is 0 Å². The number of aromatic nitrogens is 1. The van der Waals surface area contributed by atoms with Gasteiger partial charge in [-0.15, -0.1) is 11.3 Å². The maximum Gasteiger partial charge on any atom is 0.265 e. The summed E-state index contributed by atoms with van der Waals surface area (Å²) in [6.07, 6.45) is 5.13. The molecule has 2 rings (SSSR count). The first-order chi connectivity index (χ1) is 8.81. The fourth-order valence-corrected chi connectivity index (χ4v) is 3.00. The second kappa shape index (κ2) is 6.85. The number of carbonyl (C=O) groups is 1. The van der Waals surface area contributed by atoms with Gasteiger partial charge in [0.2, 0.25) is 0 Å². The lowest BCUT2D eigenvalue weighted by Crippen LogP contribution is -2.41. The lowest BCUT2D eigenvalue weighted by molar-refractivity contribution is 0.0723. The van der Waals surface area contributed by atoms with Crippen LogP contribution in [0.5, 0.6) is 0 Å². The van der Waals surface area contributed by atoms with Gasteiger partial charge >= 0.3 is 0 Å². The third kappa shape index (κ3) is 3.53. The second-order valence-electron chi connectivity index (χ2n) is 4.83. The molecule has 0 aromatic carbocycles. The molecule has 1 aliphatic heterocycles. The van der Waals surface area contributed by atoms with Crippen LogP contribution in [0.2, 0.25) is 0 Å². The Bertz CT molecular complexity index is 360. The third-order valence-electron chi connectivity index (χ3n) is 3.30. The first-order valence-corrected chi connectivity index (χ1v) is 7.57. The molecule has 5 heteroatoms. The molecule has 1 aromatic rings. The zero-order chi connectivity index (χ0) is 12.8. The Morgan fingerprint density at radius 3 is 3.17 bits per heavy atom. The molecule has 18 heavy (non-hydrogen) atoms. The molecule has 4 nitrogen and oxygen atoms in total. The van der Waals surface area contributed by atoms with Crippen LogP contribution in [0.4, 0.5) is 0 Å². The average Bonchev–Trinajstić information content (AvgIpc) is 2.92. The first kappa shape index (κ1) is 13.5. The highest BCUT2D eigenvalue weighted by Gasteiger charge is 2.21. The summed E-state index contributed by atoms with van der Waals surface area (Å²) in [5.74, 6) is 0.743. The molecule has 1 N–H and O–H groups in total. The highest BCUT2D eigenvalue weighted by Crippen LogP contribution is 2.16. The Hall–Kier alpha value is -0.940. The van der Waals surface area contributed by atoms with E-state index in [0.29, 0.717) is 5.92 Å². The largest absolute Gasteiger partial charge is 0.338 e. The van der Waals surface area contributed by atoms with Gasteiger partial charge < -0.3 is 10.2 Å². The molecule has 1 fully saturated rings. The summed E-state index contributed by atoms with van der Waals surface area (Å²) in [4.78, 5) is 19.1. The van der Waals surface area contributed by atoms with Crippen LogP contribution in [-0.4, -0.2) is 42.0 Å². The summed E-state index contributed by atoms with van der Waals surface area (Å²) < 4.78 is 0. The summed E-state index contributed by atoms with van der Waals surface area (Å²) in [6, 6.07) is 0. The number of piperidine rings is 1. The van der Waals surface area contributed by atoms with Crippen molar-refractivity contribution in [3.8, 4) is 0 Å². The Morgan fingerprint density at radius 2 is 2.56 bits per heavy atom. The van der Waals surface area contributed by atoms with Crippen molar-refractivity contribution in [3.05, 3.63) is 16.6 Å². The van der Waals surface area contributed by atoms with Gasteiger partial charge in [-0.3, -0.25) is 9.78 Å². The number of rotatable bonds is 5. The van der Waals surface area contributed by atoms with Crippen LogP contribution < -0.4 is 5.32 Å². The Kier molecular flexibility index (Phi) is 5.13. The predicted molar refractivity (Wildman–Crippen MR) is 73.9 cm³/mol. The van der Waals surface area contributed by atoms with E-state index in [1.54, 1.807) is 11.7 Å². The molecule has 1 amide bonds. The molecule has 2 heterocycles. The molecule has 0 spiro atoms. The predicted octanol–water partition coefficient (Wildman–Crippen LogP) is 1.99. The second-order valence-corrected chi connectivity index (χ2v) is 5.72. The minimum Gasteiger partial charge on any atom is -0.338 e. The summed E-state index contributed by atoms with van der Waals surface area (Å²) in [5, 5.41) is 3.41. The van der Waals surface area contributed by atoms with Crippen LogP contribution >= 0.6 is 11.3 Å². The number of hydrogen-bond donors (Lipinski definition) is 1. The molecular formula is C13H21N3OS. The number of nitrogens with zero attached hydrogens (tertiary/aromatic N) is 2. The van der Waals surface area contributed by atoms with Gasteiger partial charge in [-0.25, -0.2) is 0 Å². The van der Waals surface area contributed by atoms with Gasteiger partial charge in [-0.05, 0) is 38.3 Å². The number of amides is 1. The highest BCUT2D eigenvalue weighted by molar-refractivity contribution is 7.11. The first-order valence-electron chi connectivity index (χ1n) is 6.69. The molecule has 1 atom stereocenters. The van der Waals surface area contributed by atoms with Gasteiger partial charge in [-0.1, -0.05) is 6.92 Å². The lowest BCUT2D eigenvalue weighted by atomic mass is 9.99. The van der Waals surface area contributed by atoms with Crippen LogP contribution in [0.25, 0.3) is 0 Å². The molecule has 100 valence electrons. The minimum absolute atomic E-state index is 0.143. The number of hydrogen-bond acceptors (Lipinski definition) is 4. The summed E-state index contributed by atoms with van der Waals surface area (Å²) in [6.45, 7) is 5.99. The van der Waals surface area contributed by atoms with E-state index < -0.39 is 0 Å². The number of thiazole rings is 1. The SMILES string of the molecule is CCCN(CC1CCCNC1)C(=O)c1cncs1. The van der Waals surface area contributed by atoms with Crippen molar-refractivity contribution in [2.24, 2.45) is 5.92 Å². The molecule has 0 bridgehead atoms. The Balaban J connectivity index is 1.96. The molecule has 1 saturated heterocycles. The van der Waals surface area contributed by atoms with Crippen LogP contribution in [0.3, 0.4) is 0 Å². The monoisotopic (exact) mass is 267 g/mol. The molecule has 1 aliphatic rings. The molecule has 0 aliphatic carbocycles. The van der Waals surface area contributed by atoms with Crippen molar-refractivity contribution in [1.29, 1.82) is 0 Å². The maximum atomic E-state index is 12.3. The zero-order valence-corrected chi connectivity index (χ0v) is 11.7. The summed E-state index contributed by atoms with van der Waals surface area (Å²) in [5.41, 5.74) is 1.72. The zero-order valence-electron chi connectivity index (χ0n) is 10.9. The van der Waals surface area contributed by atoms with E-state index in [9.17, 15) is 4.79 Å². The van der Waals surface area contributed by atoms with Gasteiger partial charge in [0.1, 0.15) is 4.88 Å². The maximum absolute atomic E-state index is 12.3. The van der Waals surface area contributed by atoms with E-state index in [2.05, 4.69) is 17.2 Å². The van der Waals surface area contributed by atoms with Crippen molar-refractivity contribution < 1.29 is 4.79 Å². The summed E-state index contributed by atoms with van der Waals surface area (Å²) >= 11 is 1.43. The van der Waals surface area contributed by atoms with Crippen molar-refractivity contribution in [3.63, 3.8) is 0 Å². The molecule has 1 aromatic heterocycles. The van der Waals surface area contributed by atoms with E-state index >= 15 is 0 Å². The minimum atomic E-state index is 0.143. The van der Waals surface area contributed by atoms with E-state index in [0.717, 1.165) is 37.5 Å². The topological polar surface area (TPSA) is 45.2 Å². The van der Waals surface area contributed by atoms with Gasteiger partial charge in [0.15, 0.2) is 0 Å². The standard InChI is InChI=1S/C13H21N3OS/c1-2-6-16(9-11-4-3-5-14-7-11)13(17)12-8-15-10-18-12/h8,10-11,14H,2-7,9H2,1H3. The van der Waals surface area contributed by atoms with E-state index in [1.165, 1.54) is 24.2 Å². The van der Waals surface area contributed by atoms with E-state index in [-0.39, 0.29) is 5.91 Å². The highest BCUT2D eigenvalue weighted by atomic mass is 32.1. The molecule has 0 radical (unpaired) electrons. The third-order valence-corrected chi connectivity index (χ3v) is 4.06. The normalized spacial score (nSPS) is 19.7. The van der Waals surface area contributed by atoms with Crippen molar-refractivity contribution >= 4 is 17.2 Å². The number of nitrogens with one attached hydrogen (secondary N) is 1. The average molecular weight is 267 g/mol. The van der Waals surface area contributed by atoms with Crippen LogP contribution in [-0.2, 0) is 0 Å². The van der Waals surface area contributed by atoms with Gasteiger partial charge in [0, 0.05) is 13.1 Å². The van der Waals surface area contributed by atoms with Crippen LogP contribution in [0, 0.1) is 5.92 Å². The smallest absolute Gasteiger partial charge is 0.265 e. The van der Waals surface area contributed by atoms with E-state index in [4.69, 9.17) is 0 Å².